The Labute approximate surface area is 206 Å². The van der Waals surface area contributed by atoms with Gasteiger partial charge in [-0.2, -0.15) is 13.2 Å². The first-order valence-corrected chi connectivity index (χ1v) is 11.8. The van der Waals surface area contributed by atoms with Crippen LogP contribution >= 0.6 is 0 Å². The van der Waals surface area contributed by atoms with Crippen LogP contribution in [0.3, 0.4) is 0 Å². The zero-order chi connectivity index (χ0) is 25.4. The van der Waals surface area contributed by atoms with E-state index < -0.39 is 30.6 Å². The van der Waals surface area contributed by atoms with Crippen molar-refractivity contribution in [1.82, 2.24) is 10.2 Å². The number of hydrogen-bond acceptors (Lipinski definition) is 3. The summed E-state index contributed by atoms with van der Waals surface area (Å²) in [5.74, 6) is -2.08. The van der Waals surface area contributed by atoms with Crippen LogP contribution in [-0.2, 0) is 24.2 Å². The Morgan fingerprint density at radius 1 is 0.944 bits per heavy atom. The SMILES string of the molecule is O=C(NCC(F)(F)F)[C@@H]1c2ccccc2C(=O)N(C2Cc3ccccc3C2)[C@H]1c1ccc(CO)cc1. The Balaban J connectivity index is 1.63. The van der Waals surface area contributed by atoms with E-state index in [-0.39, 0.29) is 18.6 Å². The van der Waals surface area contributed by atoms with E-state index in [2.05, 4.69) is 5.32 Å². The molecular formula is C28H25F3N2O3. The molecule has 0 unspecified atom stereocenters. The third-order valence-electron chi connectivity index (χ3n) is 7.05. The number of nitrogens with one attached hydrogen (secondary N) is 1. The zero-order valence-corrected chi connectivity index (χ0v) is 19.3. The minimum absolute atomic E-state index is 0.177. The molecule has 0 fully saturated rings. The van der Waals surface area contributed by atoms with Gasteiger partial charge in [0.1, 0.15) is 6.54 Å². The molecular weight excluding hydrogens is 469 g/mol. The van der Waals surface area contributed by atoms with E-state index in [1.54, 1.807) is 53.4 Å². The van der Waals surface area contributed by atoms with Crippen molar-refractivity contribution in [2.24, 2.45) is 0 Å². The lowest BCUT2D eigenvalue weighted by atomic mass is 9.78. The van der Waals surface area contributed by atoms with Gasteiger partial charge in [0.2, 0.25) is 5.91 Å². The Kier molecular flexibility index (Phi) is 6.30. The monoisotopic (exact) mass is 494 g/mol. The molecule has 2 aliphatic rings. The third kappa shape index (κ3) is 4.48. The molecule has 0 aromatic heterocycles. The predicted molar refractivity (Wildman–Crippen MR) is 127 cm³/mol. The van der Waals surface area contributed by atoms with E-state index in [0.717, 1.165) is 11.1 Å². The Hall–Kier alpha value is -3.65. The van der Waals surface area contributed by atoms with Crippen LogP contribution in [0.5, 0.6) is 0 Å². The van der Waals surface area contributed by atoms with Gasteiger partial charge in [-0.05, 0) is 46.7 Å². The standard InChI is InChI=1S/C28H25F3N2O3/c29-28(30,31)16-32-26(35)24-22-7-3-4-8-23(22)27(36)33(21-13-19-5-1-2-6-20(19)14-21)25(24)18-11-9-17(15-34)10-12-18/h1-12,21,24-25,34H,13-16H2,(H,32,35)/t24-,25+/m1/s1. The summed E-state index contributed by atoms with van der Waals surface area (Å²) in [7, 11) is 0. The molecule has 0 saturated heterocycles. The summed E-state index contributed by atoms with van der Waals surface area (Å²) in [5, 5.41) is 11.5. The van der Waals surface area contributed by atoms with Crippen molar-refractivity contribution >= 4 is 11.8 Å². The van der Waals surface area contributed by atoms with Crippen molar-refractivity contribution in [2.45, 2.75) is 43.6 Å². The topological polar surface area (TPSA) is 69.6 Å². The van der Waals surface area contributed by atoms with E-state index in [0.29, 0.717) is 35.1 Å². The summed E-state index contributed by atoms with van der Waals surface area (Å²) >= 11 is 0. The van der Waals surface area contributed by atoms with Gasteiger partial charge < -0.3 is 15.3 Å². The zero-order valence-electron chi connectivity index (χ0n) is 19.3. The molecule has 0 radical (unpaired) electrons. The maximum Gasteiger partial charge on any atom is 0.405 e. The van der Waals surface area contributed by atoms with Crippen molar-refractivity contribution < 1.29 is 27.9 Å². The van der Waals surface area contributed by atoms with E-state index in [1.807, 2.05) is 24.3 Å². The molecule has 1 aliphatic heterocycles. The Morgan fingerprint density at radius 2 is 1.56 bits per heavy atom. The summed E-state index contributed by atoms with van der Waals surface area (Å²) in [6, 6.07) is 20.3. The van der Waals surface area contributed by atoms with Gasteiger partial charge in [0, 0.05) is 11.6 Å². The molecule has 0 bridgehead atoms. The lowest BCUT2D eigenvalue weighted by Crippen LogP contribution is -2.52. The van der Waals surface area contributed by atoms with Gasteiger partial charge in [-0.15, -0.1) is 0 Å². The largest absolute Gasteiger partial charge is 0.405 e. The molecule has 3 aromatic carbocycles. The number of amides is 2. The number of carbonyl (C=O) groups excluding carboxylic acids is 2. The van der Waals surface area contributed by atoms with Crippen molar-refractivity contribution in [2.75, 3.05) is 6.54 Å². The average Bonchev–Trinajstić information content (AvgIpc) is 3.30. The van der Waals surface area contributed by atoms with Crippen LogP contribution in [0.25, 0.3) is 0 Å². The van der Waals surface area contributed by atoms with E-state index in [1.165, 1.54) is 0 Å². The van der Waals surface area contributed by atoms with Crippen LogP contribution in [0.1, 0.15) is 50.1 Å². The van der Waals surface area contributed by atoms with Gasteiger partial charge in [-0.3, -0.25) is 9.59 Å². The van der Waals surface area contributed by atoms with Crippen LogP contribution in [0.4, 0.5) is 13.2 Å². The van der Waals surface area contributed by atoms with E-state index >= 15 is 0 Å². The fourth-order valence-electron chi connectivity index (χ4n) is 5.44. The Bertz CT molecular complexity index is 1260. The molecule has 2 amide bonds. The second kappa shape index (κ2) is 9.43. The van der Waals surface area contributed by atoms with Gasteiger partial charge >= 0.3 is 6.18 Å². The number of halogens is 3. The van der Waals surface area contributed by atoms with Gasteiger partial charge in [-0.1, -0.05) is 66.7 Å². The molecule has 0 spiro atoms. The minimum Gasteiger partial charge on any atom is -0.392 e. The molecule has 2 atom stereocenters. The molecule has 5 nitrogen and oxygen atoms in total. The predicted octanol–water partition coefficient (Wildman–Crippen LogP) is 4.31. The number of alkyl halides is 3. The highest BCUT2D eigenvalue weighted by Crippen LogP contribution is 2.46. The van der Waals surface area contributed by atoms with E-state index in [9.17, 15) is 27.9 Å². The van der Waals surface area contributed by atoms with Crippen LogP contribution in [0.15, 0.2) is 72.8 Å². The van der Waals surface area contributed by atoms with Gasteiger partial charge in [0.25, 0.3) is 5.91 Å². The summed E-state index contributed by atoms with van der Waals surface area (Å²) in [5.41, 5.74) is 4.23. The molecule has 186 valence electrons. The fourth-order valence-corrected chi connectivity index (χ4v) is 5.44. The molecule has 1 heterocycles. The summed E-state index contributed by atoms with van der Waals surface area (Å²) in [4.78, 5) is 29.0. The van der Waals surface area contributed by atoms with Gasteiger partial charge in [0.05, 0.1) is 18.6 Å². The smallest absolute Gasteiger partial charge is 0.392 e. The quantitative estimate of drug-likeness (QED) is 0.556. The first-order chi connectivity index (χ1) is 17.3. The number of aliphatic hydroxyl groups excluding tert-OH is 1. The van der Waals surface area contributed by atoms with Crippen molar-refractivity contribution in [3.8, 4) is 0 Å². The number of rotatable bonds is 5. The number of aliphatic hydroxyl groups is 1. The third-order valence-corrected chi connectivity index (χ3v) is 7.05. The second-order valence-electron chi connectivity index (χ2n) is 9.29. The lowest BCUT2D eigenvalue weighted by Gasteiger charge is -2.45. The highest BCUT2D eigenvalue weighted by molar-refractivity contribution is 6.01. The van der Waals surface area contributed by atoms with Gasteiger partial charge in [-0.25, -0.2) is 0 Å². The first-order valence-electron chi connectivity index (χ1n) is 11.8. The maximum absolute atomic E-state index is 13.9. The molecule has 3 aromatic rings. The van der Waals surface area contributed by atoms with Crippen molar-refractivity contribution in [3.63, 3.8) is 0 Å². The van der Waals surface area contributed by atoms with Crippen molar-refractivity contribution in [1.29, 1.82) is 0 Å². The lowest BCUT2D eigenvalue weighted by molar-refractivity contribution is -0.140. The van der Waals surface area contributed by atoms with Crippen LogP contribution in [0.2, 0.25) is 0 Å². The number of nitrogens with zero attached hydrogens (tertiary/aromatic N) is 1. The second-order valence-corrected chi connectivity index (χ2v) is 9.29. The van der Waals surface area contributed by atoms with Crippen molar-refractivity contribution in [3.05, 3.63) is 106 Å². The Morgan fingerprint density at radius 3 is 2.17 bits per heavy atom. The first kappa shape index (κ1) is 24.1. The number of carbonyl (C=O) groups is 2. The van der Waals surface area contributed by atoms with Gasteiger partial charge in [0.15, 0.2) is 0 Å². The van der Waals surface area contributed by atoms with Crippen LogP contribution in [0, 0.1) is 0 Å². The molecule has 36 heavy (non-hydrogen) atoms. The summed E-state index contributed by atoms with van der Waals surface area (Å²) < 4.78 is 39.0. The molecule has 1 aliphatic carbocycles. The summed E-state index contributed by atoms with van der Waals surface area (Å²) in [6.07, 6.45) is -3.39. The van der Waals surface area contributed by atoms with Crippen LogP contribution in [-0.4, -0.2) is 40.6 Å². The normalized spacial score (nSPS) is 19.7. The number of hydrogen-bond donors (Lipinski definition) is 2. The molecule has 8 heteroatoms. The molecule has 2 N–H and O–H groups in total. The fraction of sp³-hybridized carbons (Fsp3) is 0.286. The summed E-state index contributed by atoms with van der Waals surface area (Å²) in [6.45, 7) is -1.63. The average molecular weight is 495 g/mol. The number of fused-ring (bicyclic) bond motifs is 2. The maximum atomic E-state index is 13.9. The van der Waals surface area contributed by atoms with E-state index in [4.69, 9.17) is 0 Å². The minimum atomic E-state index is -4.56. The van der Waals surface area contributed by atoms with Crippen LogP contribution < -0.4 is 5.32 Å². The highest BCUT2D eigenvalue weighted by Gasteiger charge is 2.48. The highest BCUT2D eigenvalue weighted by atomic mass is 19.4. The molecule has 5 rings (SSSR count). The number of benzene rings is 3. The molecule has 0 saturated carbocycles.